The number of carbonyl (C=O) groups is 3. The molecule has 0 heterocycles. The summed E-state index contributed by atoms with van der Waals surface area (Å²) < 4.78 is 13.7. The highest BCUT2D eigenvalue weighted by Crippen LogP contribution is 2.16. The van der Waals surface area contributed by atoms with Crippen molar-refractivity contribution in [1.82, 2.24) is 5.32 Å². The highest BCUT2D eigenvalue weighted by molar-refractivity contribution is 5.94. The van der Waals surface area contributed by atoms with Crippen molar-refractivity contribution in [2.75, 3.05) is 11.9 Å². The predicted molar refractivity (Wildman–Crippen MR) is 82.5 cm³/mol. The van der Waals surface area contributed by atoms with Gasteiger partial charge in [-0.15, -0.1) is 0 Å². The molecule has 0 saturated heterocycles. The number of aliphatic carboxylic acids is 1. The predicted octanol–water partition coefficient (Wildman–Crippen LogP) is 1.79. The molecule has 0 aliphatic rings. The Labute approximate surface area is 133 Å². The van der Waals surface area contributed by atoms with Gasteiger partial charge in [-0.2, -0.15) is 0 Å². The van der Waals surface area contributed by atoms with Crippen LogP contribution in [0, 0.1) is 17.7 Å². The number of primary amides is 1. The van der Waals surface area contributed by atoms with Crippen LogP contribution in [0.3, 0.4) is 0 Å². The summed E-state index contributed by atoms with van der Waals surface area (Å²) in [6, 6.07) is 2.67. The van der Waals surface area contributed by atoms with Crippen molar-refractivity contribution in [3.63, 3.8) is 0 Å². The number of rotatable bonds is 7. The molecule has 0 spiro atoms. The summed E-state index contributed by atoms with van der Waals surface area (Å²) in [5, 5.41) is 13.7. The minimum atomic E-state index is -1.00. The van der Waals surface area contributed by atoms with Gasteiger partial charge in [0.1, 0.15) is 5.82 Å². The molecule has 126 valence electrons. The van der Waals surface area contributed by atoms with Gasteiger partial charge in [-0.05, 0) is 30.5 Å². The maximum absolute atomic E-state index is 13.7. The van der Waals surface area contributed by atoms with Crippen molar-refractivity contribution in [3.8, 4) is 0 Å². The summed E-state index contributed by atoms with van der Waals surface area (Å²) in [6.07, 6.45) is 0.414. The normalized spacial score (nSPS) is 11.8. The van der Waals surface area contributed by atoms with E-state index in [2.05, 4.69) is 10.6 Å². The monoisotopic (exact) mass is 325 g/mol. The lowest BCUT2D eigenvalue weighted by Gasteiger charge is -2.16. The third-order valence-corrected chi connectivity index (χ3v) is 3.12. The standard InChI is InChI=1S/C15H20FN3O4/c1-8(2)5-10(14(21)22)7-18-15(23)19-12-4-3-9(13(17)20)6-11(12)16/h3-4,6,8,10H,5,7H2,1-2H3,(H2,17,20)(H,21,22)(H2,18,19,23). The Bertz CT molecular complexity index is 604. The molecule has 5 N–H and O–H groups in total. The number of anilines is 1. The van der Waals surface area contributed by atoms with E-state index >= 15 is 0 Å². The number of nitrogens with two attached hydrogens (primary N) is 1. The maximum atomic E-state index is 13.7. The zero-order valence-corrected chi connectivity index (χ0v) is 12.9. The Kier molecular flexibility index (Phi) is 6.49. The van der Waals surface area contributed by atoms with Crippen LogP contribution in [0.2, 0.25) is 0 Å². The number of amides is 3. The van der Waals surface area contributed by atoms with Gasteiger partial charge in [0, 0.05) is 12.1 Å². The number of halogens is 1. The van der Waals surface area contributed by atoms with E-state index in [0.717, 1.165) is 6.07 Å². The fourth-order valence-electron chi connectivity index (χ4n) is 1.99. The second-order valence-electron chi connectivity index (χ2n) is 5.56. The summed E-state index contributed by atoms with van der Waals surface area (Å²) in [5.74, 6) is -3.15. The molecule has 7 nitrogen and oxygen atoms in total. The van der Waals surface area contributed by atoms with Crippen molar-refractivity contribution < 1.29 is 23.9 Å². The summed E-state index contributed by atoms with van der Waals surface area (Å²) in [6.45, 7) is 3.69. The van der Waals surface area contributed by atoms with Crippen molar-refractivity contribution in [3.05, 3.63) is 29.6 Å². The van der Waals surface area contributed by atoms with E-state index in [0.29, 0.717) is 6.42 Å². The molecule has 1 atom stereocenters. The van der Waals surface area contributed by atoms with Gasteiger partial charge in [-0.1, -0.05) is 13.8 Å². The summed E-state index contributed by atoms with van der Waals surface area (Å²) >= 11 is 0. The largest absolute Gasteiger partial charge is 0.481 e. The topological polar surface area (TPSA) is 122 Å². The lowest BCUT2D eigenvalue weighted by Crippen LogP contribution is -2.36. The number of urea groups is 1. The zero-order chi connectivity index (χ0) is 17.6. The summed E-state index contributed by atoms with van der Waals surface area (Å²) in [4.78, 5) is 33.7. The van der Waals surface area contributed by atoms with Crippen LogP contribution in [0.25, 0.3) is 0 Å². The fraction of sp³-hybridized carbons (Fsp3) is 0.400. The molecule has 0 aromatic heterocycles. The van der Waals surface area contributed by atoms with E-state index in [4.69, 9.17) is 10.8 Å². The van der Waals surface area contributed by atoms with E-state index in [1.54, 1.807) is 0 Å². The summed E-state index contributed by atoms with van der Waals surface area (Å²) in [7, 11) is 0. The molecule has 0 aliphatic carbocycles. The summed E-state index contributed by atoms with van der Waals surface area (Å²) in [5.41, 5.74) is 4.87. The van der Waals surface area contributed by atoms with E-state index in [1.165, 1.54) is 12.1 Å². The second-order valence-corrected chi connectivity index (χ2v) is 5.56. The molecule has 1 aromatic carbocycles. The zero-order valence-electron chi connectivity index (χ0n) is 12.9. The second kappa shape index (κ2) is 8.11. The van der Waals surface area contributed by atoms with Crippen LogP contribution in [0.5, 0.6) is 0 Å². The van der Waals surface area contributed by atoms with Gasteiger partial charge in [0.2, 0.25) is 5.91 Å². The van der Waals surface area contributed by atoms with Gasteiger partial charge >= 0.3 is 12.0 Å². The van der Waals surface area contributed by atoms with Crippen LogP contribution < -0.4 is 16.4 Å². The van der Waals surface area contributed by atoms with Crippen LogP contribution >= 0.6 is 0 Å². The molecule has 0 radical (unpaired) electrons. The Balaban J connectivity index is 2.63. The lowest BCUT2D eigenvalue weighted by atomic mass is 9.97. The molecule has 3 amide bonds. The maximum Gasteiger partial charge on any atom is 0.319 e. The number of nitrogens with one attached hydrogen (secondary N) is 2. The molecule has 23 heavy (non-hydrogen) atoms. The lowest BCUT2D eigenvalue weighted by molar-refractivity contribution is -0.142. The van der Waals surface area contributed by atoms with Gasteiger partial charge in [0.15, 0.2) is 0 Å². The Morgan fingerprint density at radius 2 is 1.96 bits per heavy atom. The molecule has 0 bridgehead atoms. The van der Waals surface area contributed by atoms with Gasteiger partial charge in [-0.3, -0.25) is 9.59 Å². The molecule has 1 rings (SSSR count). The van der Waals surface area contributed by atoms with Crippen LogP contribution in [0.15, 0.2) is 18.2 Å². The molecular formula is C15H20FN3O4. The third kappa shape index (κ3) is 5.93. The number of carboxylic acid groups (broad SMARTS) is 1. The van der Waals surface area contributed by atoms with Crippen LogP contribution in [0.4, 0.5) is 14.9 Å². The van der Waals surface area contributed by atoms with E-state index < -0.39 is 29.6 Å². The SMILES string of the molecule is CC(C)CC(CNC(=O)Nc1ccc(C(N)=O)cc1F)C(=O)O. The Morgan fingerprint density at radius 1 is 1.30 bits per heavy atom. The highest BCUT2D eigenvalue weighted by Gasteiger charge is 2.20. The molecular weight excluding hydrogens is 305 g/mol. The average molecular weight is 325 g/mol. The van der Waals surface area contributed by atoms with Gasteiger partial charge in [-0.25, -0.2) is 9.18 Å². The highest BCUT2D eigenvalue weighted by atomic mass is 19.1. The number of hydrogen-bond donors (Lipinski definition) is 4. The minimum absolute atomic E-state index is 0.0173. The van der Waals surface area contributed by atoms with E-state index in [1.807, 2.05) is 13.8 Å². The number of hydrogen-bond acceptors (Lipinski definition) is 3. The molecule has 0 fully saturated rings. The van der Waals surface area contributed by atoms with Crippen LogP contribution in [-0.2, 0) is 4.79 Å². The van der Waals surface area contributed by atoms with Crippen LogP contribution in [0.1, 0.15) is 30.6 Å². The number of carboxylic acids is 1. The van der Waals surface area contributed by atoms with Gasteiger partial charge < -0.3 is 21.5 Å². The fourth-order valence-corrected chi connectivity index (χ4v) is 1.99. The quantitative estimate of drug-likeness (QED) is 0.610. The minimum Gasteiger partial charge on any atom is -0.481 e. The molecule has 0 saturated carbocycles. The molecule has 1 aromatic rings. The molecule has 0 aliphatic heterocycles. The Morgan fingerprint density at radius 3 is 2.43 bits per heavy atom. The first kappa shape index (κ1) is 18.4. The third-order valence-electron chi connectivity index (χ3n) is 3.12. The van der Waals surface area contributed by atoms with Crippen LogP contribution in [-0.4, -0.2) is 29.6 Å². The van der Waals surface area contributed by atoms with Crippen molar-refractivity contribution in [2.24, 2.45) is 17.6 Å². The smallest absolute Gasteiger partial charge is 0.319 e. The van der Waals surface area contributed by atoms with Crippen molar-refractivity contribution in [2.45, 2.75) is 20.3 Å². The van der Waals surface area contributed by atoms with Gasteiger partial charge in [0.05, 0.1) is 11.6 Å². The first-order valence-electron chi connectivity index (χ1n) is 7.07. The average Bonchev–Trinajstić information content (AvgIpc) is 2.44. The van der Waals surface area contributed by atoms with E-state index in [-0.39, 0.29) is 23.7 Å². The number of carbonyl (C=O) groups excluding carboxylic acids is 2. The van der Waals surface area contributed by atoms with Gasteiger partial charge in [0.25, 0.3) is 0 Å². The van der Waals surface area contributed by atoms with Crippen molar-refractivity contribution >= 4 is 23.6 Å². The number of benzene rings is 1. The first-order chi connectivity index (χ1) is 10.7. The Hall–Kier alpha value is -2.64. The first-order valence-corrected chi connectivity index (χ1v) is 7.07. The van der Waals surface area contributed by atoms with E-state index in [9.17, 15) is 18.8 Å². The molecule has 8 heteroatoms. The molecule has 1 unspecified atom stereocenters. The van der Waals surface area contributed by atoms with Crippen molar-refractivity contribution in [1.29, 1.82) is 0 Å².